The first kappa shape index (κ1) is 20.1. The van der Waals surface area contributed by atoms with E-state index in [1.807, 2.05) is 6.92 Å². The standard InChI is InChI=1S/C15H24O7/c1-6-15(4,5)14(19)22-9-12(17)20-7-11(16)8-21-13(18)10(2)3/h11,16H,2,6-9H2,1,3-5H3. The average molecular weight is 316 g/mol. The lowest BCUT2D eigenvalue weighted by Gasteiger charge is -2.20. The minimum atomic E-state index is -1.16. The van der Waals surface area contributed by atoms with Crippen LogP contribution in [0.3, 0.4) is 0 Å². The summed E-state index contributed by atoms with van der Waals surface area (Å²) in [6.45, 7) is 8.90. The average Bonchev–Trinajstić information content (AvgIpc) is 2.47. The minimum Gasteiger partial charge on any atom is -0.460 e. The number of carbonyl (C=O) groups is 3. The summed E-state index contributed by atoms with van der Waals surface area (Å²) in [6.07, 6.45) is -0.580. The zero-order chi connectivity index (χ0) is 17.3. The number of hydrogen-bond acceptors (Lipinski definition) is 7. The van der Waals surface area contributed by atoms with Crippen molar-refractivity contribution in [1.29, 1.82) is 0 Å². The highest BCUT2D eigenvalue weighted by molar-refractivity contribution is 5.86. The molecule has 0 amide bonds. The van der Waals surface area contributed by atoms with Crippen molar-refractivity contribution >= 4 is 17.9 Å². The second kappa shape index (κ2) is 9.19. The Labute approximate surface area is 130 Å². The first-order valence-corrected chi connectivity index (χ1v) is 6.93. The highest BCUT2D eigenvalue weighted by atomic mass is 16.6. The van der Waals surface area contributed by atoms with E-state index in [0.29, 0.717) is 6.42 Å². The Morgan fingerprint density at radius 3 is 2.18 bits per heavy atom. The topological polar surface area (TPSA) is 99.1 Å². The molecule has 126 valence electrons. The van der Waals surface area contributed by atoms with Crippen LogP contribution in [-0.2, 0) is 28.6 Å². The van der Waals surface area contributed by atoms with Crippen LogP contribution in [-0.4, -0.2) is 48.9 Å². The van der Waals surface area contributed by atoms with Crippen molar-refractivity contribution in [2.45, 2.75) is 40.2 Å². The predicted molar refractivity (Wildman–Crippen MR) is 77.8 cm³/mol. The van der Waals surface area contributed by atoms with Gasteiger partial charge in [0.25, 0.3) is 0 Å². The number of carbonyl (C=O) groups excluding carboxylic acids is 3. The molecule has 0 aliphatic heterocycles. The Morgan fingerprint density at radius 1 is 1.14 bits per heavy atom. The van der Waals surface area contributed by atoms with Crippen LogP contribution in [0.25, 0.3) is 0 Å². The van der Waals surface area contributed by atoms with Gasteiger partial charge in [0.2, 0.25) is 0 Å². The van der Waals surface area contributed by atoms with Gasteiger partial charge in [0.05, 0.1) is 5.41 Å². The zero-order valence-corrected chi connectivity index (χ0v) is 13.5. The molecule has 0 aromatic rings. The van der Waals surface area contributed by atoms with Gasteiger partial charge in [0.15, 0.2) is 6.61 Å². The molecule has 0 aromatic heterocycles. The van der Waals surface area contributed by atoms with E-state index in [0.717, 1.165) is 0 Å². The maximum absolute atomic E-state index is 11.6. The largest absolute Gasteiger partial charge is 0.460 e. The summed E-state index contributed by atoms with van der Waals surface area (Å²) in [6, 6.07) is 0. The number of hydrogen-bond donors (Lipinski definition) is 1. The van der Waals surface area contributed by atoms with Crippen LogP contribution in [0.15, 0.2) is 12.2 Å². The second-order valence-corrected chi connectivity index (χ2v) is 5.53. The van der Waals surface area contributed by atoms with Gasteiger partial charge in [-0.05, 0) is 27.2 Å². The molecular weight excluding hydrogens is 292 g/mol. The number of rotatable bonds is 9. The van der Waals surface area contributed by atoms with Crippen molar-refractivity contribution in [3.63, 3.8) is 0 Å². The Hall–Kier alpha value is -1.89. The van der Waals surface area contributed by atoms with Gasteiger partial charge in [-0.25, -0.2) is 9.59 Å². The van der Waals surface area contributed by atoms with Gasteiger partial charge in [-0.3, -0.25) is 4.79 Å². The summed E-state index contributed by atoms with van der Waals surface area (Å²) in [7, 11) is 0. The Balaban J connectivity index is 3.97. The SMILES string of the molecule is C=C(C)C(=O)OCC(O)COC(=O)COC(=O)C(C)(C)CC. The van der Waals surface area contributed by atoms with Crippen molar-refractivity contribution < 1.29 is 33.7 Å². The molecule has 1 atom stereocenters. The zero-order valence-electron chi connectivity index (χ0n) is 13.5. The molecule has 0 spiro atoms. The molecule has 7 nitrogen and oxygen atoms in total. The summed E-state index contributed by atoms with van der Waals surface area (Å²) in [5.74, 6) is -1.92. The molecular formula is C15H24O7. The fraction of sp³-hybridized carbons (Fsp3) is 0.667. The third kappa shape index (κ3) is 7.78. The third-order valence-electron chi connectivity index (χ3n) is 2.95. The summed E-state index contributed by atoms with van der Waals surface area (Å²) in [4.78, 5) is 34.1. The van der Waals surface area contributed by atoms with Crippen LogP contribution in [0, 0.1) is 5.41 Å². The van der Waals surface area contributed by atoms with Crippen LogP contribution in [0.1, 0.15) is 34.1 Å². The van der Waals surface area contributed by atoms with Crippen LogP contribution in [0.2, 0.25) is 0 Å². The van der Waals surface area contributed by atoms with E-state index in [1.165, 1.54) is 6.92 Å². The summed E-state index contributed by atoms with van der Waals surface area (Å²) >= 11 is 0. The van der Waals surface area contributed by atoms with Crippen molar-refractivity contribution in [1.82, 2.24) is 0 Å². The first-order chi connectivity index (χ1) is 10.1. The summed E-state index contributed by atoms with van der Waals surface area (Å²) in [5, 5.41) is 9.48. The Kier molecular flexibility index (Phi) is 8.40. The molecule has 22 heavy (non-hydrogen) atoms. The molecule has 7 heteroatoms. The molecule has 1 N–H and O–H groups in total. The monoisotopic (exact) mass is 316 g/mol. The van der Waals surface area contributed by atoms with Crippen LogP contribution < -0.4 is 0 Å². The van der Waals surface area contributed by atoms with E-state index in [9.17, 15) is 19.5 Å². The van der Waals surface area contributed by atoms with E-state index in [2.05, 4.69) is 11.3 Å². The van der Waals surface area contributed by atoms with Crippen LogP contribution in [0.5, 0.6) is 0 Å². The molecule has 0 aliphatic rings. The number of aliphatic hydroxyl groups excluding tert-OH is 1. The van der Waals surface area contributed by atoms with Crippen molar-refractivity contribution in [3.05, 3.63) is 12.2 Å². The molecule has 0 saturated carbocycles. The molecule has 0 aliphatic carbocycles. The maximum atomic E-state index is 11.6. The first-order valence-electron chi connectivity index (χ1n) is 6.93. The normalized spacial score (nSPS) is 12.2. The van der Waals surface area contributed by atoms with Gasteiger partial charge in [-0.15, -0.1) is 0 Å². The number of aliphatic hydroxyl groups is 1. The van der Waals surface area contributed by atoms with Gasteiger partial charge >= 0.3 is 17.9 Å². The van der Waals surface area contributed by atoms with Crippen molar-refractivity contribution in [2.75, 3.05) is 19.8 Å². The number of ether oxygens (including phenoxy) is 3. The fourth-order valence-electron chi connectivity index (χ4n) is 1.04. The highest BCUT2D eigenvalue weighted by Gasteiger charge is 2.27. The minimum absolute atomic E-state index is 0.203. The predicted octanol–water partition coefficient (Wildman–Crippen LogP) is 0.989. The Morgan fingerprint density at radius 2 is 1.68 bits per heavy atom. The van der Waals surface area contributed by atoms with E-state index in [-0.39, 0.29) is 18.8 Å². The van der Waals surface area contributed by atoms with Gasteiger partial charge in [0.1, 0.15) is 19.3 Å². The second-order valence-electron chi connectivity index (χ2n) is 5.53. The Bertz CT molecular complexity index is 426. The van der Waals surface area contributed by atoms with E-state index >= 15 is 0 Å². The van der Waals surface area contributed by atoms with E-state index in [1.54, 1.807) is 13.8 Å². The van der Waals surface area contributed by atoms with Gasteiger partial charge < -0.3 is 19.3 Å². The quantitative estimate of drug-likeness (QED) is 0.384. The molecule has 0 heterocycles. The van der Waals surface area contributed by atoms with Gasteiger partial charge in [-0.2, -0.15) is 0 Å². The third-order valence-corrected chi connectivity index (χ3v) is 2.95. The van der Waals surface area contributed by atoms with Gasteiger partial charge in [0, 0.05) is 5.57 Å². The molecule has 1 unspecified atom stereocenters. The lowest BCUT2D eigenvalue weighted by atomic mass is 9.91. The lowest BCUT2D eigenvalue weighted by Crippen LogP contribution is -2.30. The van der Waals surface area contributed by atoms with E-state index < -0.39 is 36.0 Å². The van der Waals surface area contributed by atoms with Crippen molar-refractivity contribution in [3.8, 4) is 0 Å². The van der Waals surface area contributed by atoms with E-state index in [4.69, 9.17) is 9.47 Å². The molecule has 0 bridgehead atoms. The molecule has 0 radical (unpaired) electrons. The highest BCUT2D eigenvalue weighted by Crippen LogP contribution is 2.21. The summed E-state index contributed by atoms with van der Waals surface area (Å²) in [5.41, 5.74) is -0.467. The summed E-state index contributed by atoms with van der Waals surface area (Å²) < 4.78 is 14.2. The van der Waals surface area contributed by atoms with Crippen LogP contribution in [0.4, 0.5) is 0 Å². The van der Waals surface area contributed by atoms with Crippen molar-refractivity contribution in [2.24, 2.45) is 5.41 Å². The molecule has 0 aromatic carbocycles. The fourth-order valence-corrected chi connectivity index (χ4v) is 1.04. The van der Waals surface area contributed by atoms with Gasteiger partial charge in [-0.1, -0.05) is 13.5 Å². The molecule has 0 fully saturated rings. The number of esters is 3. The lowest BCUT2D eigenvalue weighted by molar-refractivity contribution is -0.166. The molecule has 0 rings (SSSR count). The smallest absolute Gasteiger partial charge is 0.344 e. The van der Waals surface area contributed by atoms with Crippen LogP contribution >= 0.6 is 0 Å². The molecule has 0 saturated heterocycles. The maximum Gasteiger partial charge on any atom is 0.344 e.